The molecule has 0 aromatic carbocycles. The molecule has 1 aromatic heterocycles. The maximum Gasteiger partial charge on any atom is 0.109 e. The van der Waals surface area contributed by atoms with E-state index in [2.05, 4.69) is 29.2 Å². The summed E-state index contributed by atoms with van der Waals surface area (Å²) >= 11 is 1.74. The van der Waals surface area contributed by atoms with E-state index in [1.807, 2.05) is 11.6 Å². The Kier molecular flexibility index (Phi) is 3.15. The van der Waals surface area contributed by atoms with Crippen molar-refractivity contribution in [1.82, 2.24) is 15.2 Å². The first-order chi connectivity index (χ1) is 6.79. The number of aromatic nitrogens is 1. The van der Waals surface area contributed by atoms with Crippen molar-refractivity contribution in [3.8, 4) is 0 Å². The molecule has 1 N–H and O–H groups in total. The molecule has 0 spiro atoms. The highest BCUT2D eigenvalue weighted by Gasteiger charge is 2.24. The number of hydrogen-bond donors (Lipinski definition) is 1. The van der Waals surface area contributed by atoms with Gasteiger partial charge in [0.1, 0.15) is 5.01 Å². The fourth-order valence-electron chi connectivity index (χ4n) is 1.92. The Hall–Kier alpha value is -0.450. The van der Waals surface area contributed by atoms with E-state index >= 15 is 0 Å². The van der Waals surface area contributed by atoms with Gasteiger partial charge in [0.25, 0.3) is 0 Å². The van der Waals surface area contributed by atoms with E-state index < -0.39 is 0 Å². The van der Waals surface area contributed by atoms with Gasteiger partial charge in [-0.2, -0.15) is 0 Å². The molecule has 0 saturated carbocycles. The van der Waals surface area contributed by atoms with Gasteiger partial charge < -0.3 is 5.32 Å². The molecule has 1 aromatic rings. The van der Waals surface area contributed by atoms with Gasteiger partial charge >= 0.3 is 0 Å². The highest BCUT2D eigenvalue weighted by Crippen LogP contribution is 2.24. The van der Waals surface area contributed by atoms with Crippen molar-refractivity contribution in [2.24, 2.45) is 0 Å². The Morgan fingerprint density at radius 2 is 2.57 bits per heavy atom. The summed E-state index contributed by atoms with van der Waals surface area (Å²) in [6.45, 7) is 4.50. The summed E-state index contributed by atoms with van der Waals surface area (Å²) in [5.74, 6) is 0. The van der Waals surface area contributed by atoms with E-state index in [1.54, 1.807) is 11.3 Å². The van der Waals surface area contributed by atoms with Crippen LogP contribution >= 0.6 is 11.3 Å². The zero-order valence-electron chi connectivity index (χ0n) is 8.73. The van der Waals surface area contributed by atoms with Crippen molar-refractivity contribution in [3.63, 3.8) is 0 Å². The maximum absolute atomic E-state index is 4.37. The molecule has 0 amide bonds. The summed E-state index contributed by atoms with van der Waals surface area (Å²) in [4.78, 5) is 6.79. The van der Waals surface area contributed by atoms with Crippen molar-refractivity contribution in [1.29, 1.82) is 0 Å². The number of rotatable bonds is 3. The lowest BCUT2D eigenvalue weighted by Crippen LogP contribution is -2.35. The van der Waals surface area contributed by atoms with Crippen molar-refractivity contribution < 1.29 is 0 Å². The molecule has 78 valence electrons. The van der Waals surface area contributed by atoms with Gasteiger partial charge in [-0.15, -0.1) is 11.3 Å². The van der Waals surface area contributed by atoms with Crippen LogP contribution in [0, 0.1) is 0 Å². The van der Waals surface area contributed by atoms with Crippen LogP contribution in [-0.2, 0) is 0 Å². The van der Waals surface area contributed by atoms with E-state index in [4.69, 9.17) is 0 Å². The Morgan fingerprint density at radius 3 is 3.14 bits per heavy atom. The first-order valence-corrected chi connectivity index (χ1v) is 5.99. The molecule has 3 nitrogen and oxygen atoms in total. The first kappa shape index (κ1) is 10.1. The summed E-state index contributed by atoms with van der Waals surface area (Å²) in [7, 11) is 2.20. The highest BCUT2D eigenvalue weighted by atomic mass is 32.1. The van der Waals surface area contributed by atoms with Crippen LogP contribution in [0.4, 0.5) is 0 Å². The molecule has 1 saturated heterocycles. The SMILES string of the molecule is C[C@@H](c1nccs1)N(C)[C@@H]1CCNC1. The molecule has 2 heterocycles. The summed E-state index contributed by atoms with van der Waals surface area (Å²) in [5, 5.41) is 6.66. The van der Waals surface area contributed by atoms with Crippen LogP contribution in [-0.4, -0.2) is 36.1 Å². The van der Waals surface area contributed by atoms with E-state index in [-0.39, 0.29) is 0 Å². The largest absolute Gasteiger partial charge is 0.315 e. The lowest BCUT2D eigenvalue weighted by Gasteiger charge is -2.28. The van der Waals surface area contributed by atoms with Gasteiger partial charge in [0.2, 0.25) is 0 Å². The van der Waals surface area contributed by atoms with Gasteiger partial charge in [-0.1, -0.05) is 0 Å². The van der Waals surface area contributed by atoms with Gasteiger partial charge in [0, 0.05) is 24.2 Å². The molecule has 0 aliphatic carbocycles. The number of thiazole rings is 1. The fourth-order valence-corrected chi connectivity index (χ4v) is 2.66. The lowest BCUT2D eigenvalue weighted by molar-refractivity contribution is 0.196. The molecule has 2 atom stereocenters. The van der Waals surface area contributed by atoms with Crippen molar-refractivity contribution in [2.45, 2.75) is 25.4 Å². The standard InChI is InChI=1S/C10H17N3S/c1-8(10-12-5-6-14-10)13(2)9-3-4-11-7-9/h5-6,8-9,11H,3-4,7H2,1-2H3/t8-,9+/m0/s1. The molecule has 1 fully saturated rings. The van der Waals surface area contributed by atoms with Crippen molar-refractivity contribution in [2.75, 3.05) is 20.1 Å². The highest BCUT2D eigenvalue weighted by molar-refractivity contribution is 7.09. The molecular formula is C10H17N3S. The van der Waals surface area contributed by atoms with Crippen molar-refractivity contribution in [3.05, 3.63) is 16.6 Å². The van der Waals surface area contributed by atoms with Crippen LogP contribution in [0.2, 0.25) is 0 Å². The Balaban J connectivity index is 2.00. The second kappa shape index (κ2) is 4.38. The summed E-state index contributed by atoms with van der Waals surface area (Å²) in [6, 6.07) is 1.12. The fraction of sp³-hybridized carbons (Fsp3) is 0.700. The number of nitrogens with zero attached hydrogens (tertiary/aromatic N) is 2. The molecule has 2 rings (SSSR count). The minimum absolute atomic E-state index is 0.444. The topological polar surface area (TPSA) is 28.2 Å². The van der Waals surface area contributed by atoms with E-state index in [0.29, 0.717) is 12.1 Å². The van der Waals surface area contributed by atoms with Crippen LogP contribution in [0.5, 0.6) is 0 Å². The predicted octanol–water partition coefficient (Wildman–Crippen LogP) is 1.50. The van der Waals surface area contributed by atoms with Crippen LogP contribution in [0.1, 0.15) is 24.4 Å². The molecular weight excluding hydrogens is 194 g/mol. The minimum Gasteiger partial charge on any atom is -0.315 e. The zero-order chi connectivity index (χ0) is 9.97. The molecule has 0 bridgehead atoms. The smallest absolute Gasteiger partial charge is 0.109 e. The minimum atomic E-state index is 0.444. The molecule has 14 heavy (non-hydrogen) atoms. The van der Waals surface area contributed by atoms with Crippen molar-refractivity contribution >= 4 is 11.3 Å². The third-order valence-corrected chi connectivity index (χ3v) is 3.98. The predicted molar refractivity (Wildman–Crippen MR) is 59.6 cm³/mol. The van der Waals surface area contributed by atoms with Crippen LogP contribution in [0.15, 0.2) is 11.6 Å². The molecule has 4 heteroatoms. The third kappa shape index (κ3) is 1.97. The monoisotopic (exact) mass is 211 g/mol. The van der Waals surface area contributed by atoms with Crippen LogP contribution in [0.3, 0.4) is 0 Å². The molecule has 0 radical (unpaired) electrons. The maximum atomic E-state index is 4.37. The third-order valence-electron chi connectivity index (χ3n) is 3.03. The van der Waals surface area contributed by atoms with E-state index in [0.717, 1.165) is 13.1 Å². The molecule has 1 aliphatic rings. The van der Waals surface area contributed by atoms with E-state index in [1.165, 1.54) is 11.4 Å². The second-order valence-corrected chi connectivity index (χ2v) is 4.78. The van der Waals surface area contributed by atoms with Crippen LogP contribution < -0.4 is 5.32 Å². The van der Waals surface area contributed by atoms with Gasteiger partial charge in [-0.25, -0.2) is 4.98 Å². The van der Waals surface area contributed by atoms with Gasteiger partial charge in [-0.3, -0.25) is 4.90 Å². The quantitative estimate of drug-likeness (QED) is 0.821. The molecule has 1 aliphatic heterocycles. The zero-order valence-corrected chi connectivity index (χ0v) is 9.55. The van der Waals surface area contributed by atoms with E-state index in [9.17, 15) is 0 Å². The summed E-state index contributed by atoms with van der Waals surface area (Å²) < 4.78 is 0. The Labute approximate surface area is 89.1 Å². The van der Waals surface area contributed by atoms with Gasteiger partial charge in [0.15, 0.2) is 0 Å². The van der Waals surface area contributed by atoms with Crippen LogP contribution in [0.25, 0.3) is 0 Å². The summed E-state index contributed by atoms with van der Waals surface area (Å²) in [6.07, 6.45) is 3.14. The number of hydrogen-bond acceptors (Lipinski definition) is 4. The van der Waals surface area contributed by atoms with Gasteiger partial charge in [0.05, 0.1) is 6.04 Å². The Bertz CT molecular complexity index is 267. The normalized spacial score (nSPS) is 24.4. The second-order valence-electron chi connectivity index (χ2n) is 3.86. The first-order valence-electron chi connectivity index (χ1n) is 5.11. The lowest BCUT2D eigenvalue weighted by atomic mass is 10.2. The average molecular weight is 211 g/mol. The summed E-state index contributed by atoms with van der Waals surface area (Å²) in [5.41, 5.74) is 0. The number of nitrogens with one attached hydrogen (secondary N) is 1. The number of likely N-dealkylation sites (N-methyl/N-ethyl adjacent to an activating group) is 1. The Morgan fingerprint density at radius 1 is 1.71 bits per heavy atom. The average Bonchev–Trinajstić information content (AvgIpc) is 2.87. The molecule has 0 unspecified atom stereocenters. The van der Waals surface area contributed by atoms with Gasteiger partial charge in [-0.05, 0) is 26.9 Å².